The summed E-state index contributed by atoms with van der Waals surface area (Å²) < 4.78 is 3.68. The third-order valence-corrected chi connectivity index (χ3v) is 4.02. The van der Waals surface area contributed by atoms with Crippen LogP contribution in [0.25, 0.3) is 11.2 Å². The maximum atomic E-state index is 12.5. The number of carbonyl (C=O) groups excluding carboxylic acids is 1. The second-order valence-corrected chi connectivity index (χ2v) is 5.44. The van der Waals surface area contributed by atoms with Gasteiger partial charge in [0.1, 0.15) is 11.3 Å². The lowest BCUT2D eigenvalue weighted by Crippen LogP contribution is -2.40. The van der Waals surface area contributed by atoms with Crippen LogP contribution in [0.5, 0.6) is 0 Å². The average molecular weight is 297 g/mol. The first-order chi connectivity index (χ1) is 10.7. The molecule has 8 nitrogen and oxygen atoms in total. The summed E-state index contributed by atoms with van der Waals surface area (Å²) in [6, 6.07) is 1.76. The third kappa shape index (κ3) is 2.03. The molecule has 0 spiro atoms. The molecule has 0 saturated heterocycles. The molecule has 4 heterocycles. The van der Waals surface area contributed by atoms with Gasteiger partial charge in [0.05, 0.1) is 5.56 Å². The summed E-state index contributed by atoms with van der Waals surface area (Å²) in [5, 5.41) is 11.0. The van der Waals surface area contributed by atoms with Gasteiger partial charge >= 0.3 is 0 Å². The van der Waals surface area contributed by atoms with Crippen molar-refractivity contribution in [1.29, 1.82) is 0 Å². The summed E-state index contributed by atoms with van der Waals surface area (Å²) >= 11 is 0. The third-order valence-electron chi connectivity index (χ3n) is 4.02. The van der Waals surface area contributed by atoms with Crippen LogP contribution in [0.2, 0.25) is 0 Å². The van der Waals surface area contributed by atoms with E-state index < -0.39 is 0 Å². The van der Waals surface area contributed by atoms with E-state index in [4.69, 9.17) is 0 Å². The SMILES string of the molecule is Cn1nnc2c(C(=O)NC3CCn4ccnc4C3)ccnc21. The molecule has 0 bridgehead atoms. The number of imidazole rings is 1. The van der Waals surface area contributed by atoms with Crippen LogP contribution in [-0.4, -0.2) is 41.5 Å². The molecule has 1 aliphatic heterocycles. The molecule has 1 aliphatic rings. The van der Waals surface area contributed by atoms with Crippen molar-refractivity contribution < 1.29 is 4.79 Å². The van der Waals surface area contributed by atoms with Gasteiger partial charge < -0.3 is 9.88 Å². The Morgan fingerprint density at radius 3 is 3.18 bits per heavy atom. The number of fused-ring (bicyclic) bond motifs is 2. The minimum absolute atomic E-state index is 0.0855. The standard InChI is InChI=1S/C14H15N7O/c1-20-13-12(18-19-20)10(2-4-16-13)14(22)17-9-3-6-21-7-5-15-11(21)8-9/h2,4-5,7,9H,3,6,8H2,1H3,(H,17,22). The van der Waals surface area contributed by atoms with E-state index in [1.165, 1.54) is 0 Å². The van der Waals surface area contributed by atoms with E-state index in [9.17, 15) is 4.79 Å². The largest absolute Gasteiger partial charge is 0.349 e. The van der Waals surface area contributed by atoms with Gasteiger partial charge in [0.15, 0.2) is 5.65 Å². The second-order valence-electron chi connectivity index (χ2n) is 5.44. The van der Waals surface area contributed by atoms with Crippen LogP contribution in [0.15, 0.2) is 24.7 Å². The lowest BCUT2D eigenvalue weighted by molar-refractivity contribution is 0.0932. The molecule has 1 atom stereocenters. The Labute approximate surface area is 126 Å². The first kappa shape index (κ1) is 12.9. The van der Waals surface area contributed by atoms with Gasteiger partial charge in [0.2, 0.25) is 0 Å². The second kappa shape index (κ2) is 4.90. The number of hydrogen-bond acceptors (Lipinski definition) is 5. The Morgan fingerprint density at radius 1 is 1.36 bits per heavy atom. The number of pyridine rings is 1. The highest BCUT2D eigenvalue weighted by Crippen LogP contribution is 2.16. The Balaban J connectivity index is 1.57. The van der Waals surface area contributed by atoms with Crippen LogP contribution in [0.1, 0.15) is 22.6 Å². The highest BCUT2D eigenvalue weighted by molar-refractivity contribution is 6.03. The van der Waals surface area contributed by atoms with Crippen LogP contribution in [0, 0.1) is 0 Å². The average Bonchev–Trinajstić information content (AvgIpc) is 3.13. The first-order valence-electron chi connectivity index (χ1n) is 7.17. The van der Waals surface area contributed by atoms with Crippen molar-refractivity contribution in [2.45, 2.75) is 25.4 Å². The molecule has 3 aromatic rings. The summed E-state index contributed by atoms with van der Waals surface area (Å²) in [5.41, 5.74) is 1.64. The van der Waals surface area contributed by atoms with E-state index >= 15 is 0 Å². The molecule has 0 radical (unpaired) electrons. The molecular formula is C14H15N7O. The van der Waals surface area contributed by atoms with Crippen LogP contribution in [-0.2, 0) is 20.0 Å². The molecular weight excluding hydrogens is 282 g/mol. The van der Waals surface area contributed by atoms with Crippen molar-refractivity contribution in [3.05, 3.63) is 36.0 Å². The monoisotopic (exact) mass is 297 g/mol. The van der Waals surface area contributed by atoms with Gasteiger partial charge in [-0.25, -0.2) is 14.6 Å². The molecule has 4 rings (SSSR count). The molecule has 112 valence electrons. The van der Waals surface area contributed by atoms with Gasteiger partial charge in [0.25, 0.3) is 5.91 Å². The van der Waals surface area contributed by atoms with Crippen molar-refractivity contribution in [2.24, 2.45) is 7.05 Å². The van der Waals surface area contributed by atoms with Gasteiger partial charge in [-0.3, -0.25) is 4.79 Å². The van der Waals surface area contributed by atoms with Gasteiger partial charge in [-0.15, -0.1) is 5.10 Å². The number of nitrogens with one attached hydrogen (secondary N) is 1. The summed E-state index contributed by atoms with van der Waals surface area (Å²) in [4.78, 5) is 21.1. The van der Waals surface area contributed by atoms with Crippen molar-refractivity contribution in [2.75, 3.05) is 0 Å². The molecule has 0 aliphatic carbocycles. The van der Waals surface area contributed by atoms with Gasteiger partial charge in [0, 0.05) is 44.6 Å². The predicted molar refractivity (Wildman–Crippen MR) is 78.1 cm³/mol. The Hall–Kier alpha value is -2.77. The highest BCUT2D eigenvalue weighted by atomic mass is 16.1. The maximum absolute atomic E-state index is 12.5. The van der Waals surface area contributed by atoms with Crippen LogP contribution in [0.4, 0.5) is 0 Å². The molecule has 0 fully saturated rings. The Bertz CT molecular complexity index is 850. The number of hydrogen-bond donors (Lipinski definition) is 1. The fraction of sp³-hybridized carbons (Fsp3) is 0.357. The lowest BCUT2D eigenvalue weighted by Gasteiger charge is -2.24. The van der Waals surface area contributed by atoms with Crippen LogP contribution in [0.3, 0.4) is 0 Å². The van der Waals surface area contributed by atoms with Crippen molar-refractivity contribution in [3.63, 3.8) is 0 Å². The minimum atomic E-state index is -0.141. The number of amides is 1. The van der Waals surface area contributed by atoms with Crippen molar-refractivity contribution in [1.82, 2.24) is 34.8 Å². The molecule has 0 saturated carbocycles. The number of carbonyl (C=O) groups is 1. The molecule has 8 heteroatoms. The number of rotatable bonds is 2. The normalized spacial score (nSPS) is 17.4. The van der Waals surface area contributed by atoms with Crippen molar-refractivity contribution >= 4 is 17.1 Å². The van der Waals surface area contributed by atoms with Gasteiger partial charge in [-0.1, -0.05) is 5.21 Å². The molecule has 3 aromatic heterocycles. The number of aryl methyl sites for hydroxylation is 2. The zero-order chi connectivity index (χ0) is 15.1. The fourth-order valence-electron chi connectivity index (χ4n) is 2.85. The lowest BCUT2D eigenvalue weighted by atomic mass is 10.1. The minimum Gasteiger partial charge on any atom is -0.349 e. The summed E-state index contributed by atoms with van der Waals surface area (Å²) in [6.45, 7) is 0.872. The smallest absolute Gasteiger partial charge is 0.253 e. The molecule has 0 aromatic carbocycles. The van der Waals surface area contributed by atoms with Crippen molar-refractivity contribution in [3.8, 4) is 0 Å². The van der Waals surface area contributed by atoms with E-state index in [-0.39, 0.29) is 11.9 Å². The summed E-state index contributed by atoms with van der Waals surface area (Å²) in [7, 11) is 1.75. The van der Waals surface area contributed by atoms with Gasteiger partial charge in [-0.05, 0) is 12.5 Å². The fourth-order valence-corrected chi connectivity index (χ4v) is 2.85. The highest BCUT2D eigenvalue weighted by Gasteiger charge is 2.23. The molecule has 1 N–H and O–H groups in total. The van der Waals surface area contributed by atoms with E-state index in [2.05, 4.69) is 30.2 Å². The van der Waals surface area contributed by atoms with Crippen LogP contribution < -0.4 is 5.32 Å². The van der Waals surface area contributed by atoms with E-state index in [1.54, 1.807) is 30.2 Å². The quantitative estimate of drug-likeness (QED) is 0.735. The van der Waals surface area contributed by atoms with E-state index in [0.717, 1.165) is 25.2 Å². The Kier molecular flexibility index (Phi) is 2.88. The topological polar surface area (TPSA) is 90.5 Å². The zero-order valence-corrected chi connectivity index (χ0v) is 12.1. The molecule has 1 unspecified atom stereocenters. The first-order valence-corrected chi connectivity index (χ1v) is 7.17. The number of aromatic nitrogens is 6. The summed E-state index contributed by atoms with van der Waals surface area (Å²) in [5.74, 6) is 0.869. The molecule has 22 heavy (non-hydrogen) atoms. The number of nitrogens with zero attached hydrogens (tertiary/aromatic N) is 6. The van der Waals surface area contributed by atoms with E-state index in [1.807, 2.05) is 6.20 Å². The summed E-state index contributed by atoms with van der Waals surface area (Å²) in [6.07, 6.45) is 7.01. The zero-order valence-electron chi connectivity index (χ0n) is 12.1. The Morgan fingerprint density at radius 2 is 2.27 bits per heavy atom. The van der Waals surface area contributed by atoms with E-state index in [0.29, 0.717) is 16.7 Å². The predicted octanol–water partition coefficient (Wildman–Crippen LogP) is 0.305. The maximum Gasteiger partial charge on any atom is 0.253 e. The van der Waals surface area contributed by atoms with Crippen LogP contribution >= 0.6 is 0 Å². The molecule has 1 amide bonds. The van der Waals surface area contributed by atoms with Gasteiger partial charge in [-0.2, -0.15) is 0 Å².